The molecule has 3 aromatic rings. The van der Waals surface area contributed by atoms with Gasteiger partial charge in [0.05, 0.1) is 0 Å². The molecule has 202 valence electrons. The highest BCUT2D eigenvalue weighted by Gasteiger charge is 2.36. The molecule has 38 heavy (non-hydrogen) atoms. The molecule has 3 aliphatic heterocycles. The van der Waals surface area contributed by atoms with Gasteiger partial charge in [-0.05, 0) is 70.0 Å². The van der Waals surface area contributed by atoms with Gasteiger partial charge < -0.3 is 20.3 Å². The van der Waals surface area contributed by atoms with Crippen LogP contribution in [0.4, 0.5) is 17.6 Å². The molecule has 11 heteroatoms. The van der Waals surface area contributed by atoms with E-state index in [4.69, 9.17) is 14.8 Å². The lowest BCUT2D eigenvalue weighted by molar-refractivity contribution is -0.123. The van der Waals surface area contributed by atoms with E-state index in [1.807, 2.05) is 22.8 Å². The minimum atomic E-state index is -0.263. The first kappa shape index (κ1) is 23.9. The number of likely N-dealkylation sites (tertiary alicyclic amines) is 1. The van der Waals surface area contributed by atoms with Crippen LogP contribution >= 0.6 is 0 Å². The zero-order valence-electron chi connectivity index (χ0n) is 21.8. The third-order valence-electron chi connectivity index (χ3n) is 8.56. The van der Waals surface area contributed by atoms with Gasteiger partial charge in [0.25, 0.3) is 0 Å². The van der Waals surface area contributed by atoms with Gasteiger partial charge in [0.15, 0.2) is 11.6 Å². The van der Waals surface area contributed by atoms with Gasteiger partial charge >= 0.3 is 0 Å². The summed E-state index contributed by atoms with van der Waals surface area (Å²) in [5, 5.41) is 19.2. The smallest absolute Gasteiger partial charge is 0.246 e. The Morgan fingerprint density at radius 1 is 1.08 bits per heavy atom. The minimum absolute atomic E-state index is 0.0911. The summed E-state index contributed by atoms with van der Waals surface area (Å²) in [6.07, 6.45) is 10.4. The van der Waals surface area contributed by atoms with E-state index in [2.05, 4.69) is 36.7 Å². The van der Waals surface area contributed by atoms with Crippen molar-refractivity contribution in [3.63, 3.8) is 0 Å². The van der Waals surface area contributed by atoms with Crippen LogP contribution < -0.4 is 15.5 Å². The maximum absolute atomic E-state index is 13.6. The second kappa shape index (κ2) is 10.2. The maximum atomic E-state index is 13.6. The van der Waals surface area contributed by atoms with Crippen molar-refractivity contribution in [2.75, 3.05) is 43.1 Å². The van der Waals surface area contributed by atoms with Crippen molar-refractivity contribution in [2.24, 2.45) is 0 Å². The average molecular weight is 520 g/mol. The molecule has 1 aliphatic carbocycles. The number of nitrogens with one attached hydrogen (secondary N) is 3. The van der Waals surface area contributed by atoms with Crippen LogP contribution in [0.25, 0.3) is 5.52 Å². The van der Waals surface area contributed by atoms with E-state index in [1.54, 1.807) is 0 Å². The summed E-state index contributed by atoms with van der Waals surface area (Å²) in [5.41, 5.74) is 2.04. The standard InChI is InChI=1S/C27H37N9O2/c37-26(28-19-4-1-11-34(17-19)20-9-14-38-15-10-20)23-6-2-12-35(23)27-30-25(22-5-3-13-36(22)33-27)29-24-16-21(31-32-24)18-7-8-18/h3,5,13,16,18-20,23H,1-2,4,6-12,14-15,17H2,(H,28,37)(H2,29,30,31,32,33)/t19-,23+/m1/s1. The van der Waals surface area contributed by atoms with Crippen molar-refractivity contribution < 1.29 is 9.53 Å². The van der Waals surface area contributed by atoms with Gasteiger partial charge in [-0.1, -0.05) is 0 Å². The van der Waals surface area contributed by atoms with Crippen LogP contribution in [0.2, 0.25) is 0 Å². The van der Waals surface area contributed by atoms with E-state index >= 15 is 0 Å². The highest BCUT2D eigenvalue weighted by molar-refractivity contribution is 5.86. The van der Waals surface area contributed by atoms with Gasteiger partial charge in [-0.3, -0.25) is 14.8 Å². The monoisotopic (exact) mass is 519 g/mol. The third-order valence-corrected chi connectivity index (χ3v) is 8.56. The number of carbonyl (C=O) groups excluding carboxylic acids is 1. The fourth-order valence-corrected chi connectivity index (χ4v) is 6.34. The number of carbonyl (C=O) groups is 1. The van der Waals surface area contributed by atoms with Crippen molar-refractivity contribution >= 4 is 29.0 Å². The van der Waals surface area contributed by atoms with E-state index < -0.39 is 0 Å². The summed E-state index contributed by atoms with van der Waals surface area (Å²) in [6, 6.07) is 6.52. The van der Waals surface area contributed by atoms with E-state index in [-0.39, 0.29) is 18.0 Å². The number of rotatable bonds is 7. The molecule has 11 nitrogen and oxygen atoms in total. The number of aromatic nitrogens is 5. The SMILES string of the molecule is O=C(N[C@@H]1CCCN(C2CCOCC2)C1)[C@@H]1CCCN1c1nc(Nc2cc(C3CC3)[nH]n2)c2cccn2n1. The zero-order valence-corrected chi connectivity index (χ0v) is 21.8. The average Bonchev–Trinajstić information content (AvgIpc) is 3.32. The van der Waals surface area contributed by atoms with E-state index in [1.165, 1.54) is 18.5 Å². The third kappa shape index (κ3) is 4.84. The number of piperidine rings is 1. The van der Waals surface area contributed by atoms with Crippen molar-refractivity contribution in [2.45, 2.75) is 75.4 Å². The predicted molar refractivity (Wildman–Crippen MR) is 144 cm³/mol. The van der Waals surface area contributed by atoms with Gasteiger partial charge in [0.2, 0.25) is 11.9 Å². The molecule has 6 heterocycles. The van der Waals surface area contributed by atoms with E-state index in [0.717, 1.165) is 82.7 Å². The second-order valence-electron chi connectivity index (χ2n) is 11.2. The van der Waals surface area contributed by atoms with Gasteiger partial charge in [-0.2, -0.15) is 10.1 Å². The molecule has 3 aromatic heterocycles. The molecule has 7 rings (SSSR count). The molecule has 0 radical (unpaired) electrons. The van der Waals surface area contributed by atoms with Crippen LogP contribution in [-0.4, -0.2) is 86.6 Å². The fraction of sp³-hybridized carbons (Fsp3) is 0.630. The van der Waals surface area contributed by atoms with Crippen molar-refractivity contribution in [3.05, 3.63) is 30.1 Å². The molecule has 4 fully saturated rings. The quantitative estimate of drug-likeness (QED) is 0.437. The number of amides is 1. The highest BCUT2D eigenvalue weighted by atomic mass is 16.5. The first-order valence-corrected chi connectivity index (χ1v) is 14.3. The lowest BCUT2D eigenvalue weighted by Gasteiger charge is -2.40. The molecule has 0 bridgehead atoms. The van der Waals surface area contributed by atoms with Crippen molar-refractivity contribution in [1.29, 1.82) is 0 Å². The number of hydrogen-bond donors (Lipinski definition) is 3. The van der Waals surface area contributed by atoms with Crippen LogP contribution in [0.15, 0.2) is 24.4 Å². The number of aromatic amines is 1. The van der Waals surface area contributed by atoms with Crippen LogP contribution in [-0.2, 0) is 9.53 Å². The molecule has 0 unspecified atom stereocenters. The van der Waals surface area contributed by atoms with Gasteiger partial charge in [-0.25, -0.2) is 4.52 Å². The second-order valence-corrected chi connectivity index (χ2v) is 11.2. The predicted octanol–water partition coefficient (Wildman–Crippen LogP) is 2.80. The number of H-pyrrole nitrogens is 1. The normalized spacial score (nSPS) is 25.2. The summed E-state index contributed by atoms with van der Waals surface area (Å²) in [7, 11) is 0. The maximum Gasteiger partial charge on any atom is 0.246 e. The Hall–Kier alpha value is -3.18. The lowest BCUT2D eigenvalue weighted by atomic mass is 9.99. The fourth-order valence-electron chi connectivity index (χ4n) is 6.34. The number of fused-ring (bicyclic) bond motifs is 1. The Morgan fingerprint density at radius 2 is 1.95 bits per heavy atom. The van der Waals surface area contributed by atoms with Crippen molar-refractivity contribution in [3.8, 4) is 0 Å². The first-order valence-electron chi connectivity index (χ1n) is 14.3. The van der Waals surface area contributed by atoms with Crippen LogP contribution in [0.3, 0.4) is 0 Å². The summed E-state index contributed by atoms with van der Waals surface area (Å²) < 4.78 is 7.39. The number of hydrogen-bond acceptors (Lipinski definition) is 8. The zero-order chi connectivity index (χ0) is 25.5. The van der Waals surface area contributed by atoms with Crippen LogP contribution in [0.5, 0.6) is 0 Å². The first-order chi connectivity index (χ1) is 18.7. The molecule has 2 atom stereocenters. The molecule has 0 spiro atoms. The number of ether oxygens (including phenoxy) is 1. The van der Waals surface area contributed by atoms with Gasteiger partial charge in [0, 0.05) is 62.3 Å². The van der Waals surface area contributed by atoms with E-state index in [9.17, 15) is 4.79 Å². The number of nitrogens with zero attached hydrogens (tertiary/aromatic N) is 6. The summed E-state index contributed by atoms with van der Waals surface area (Å²) in [6.45, 7) is 4.50. The minimum Gasteiger partial charge on any atom is -0.381 e. The molecule has 3 N–H and O–H groups in total. The van der Waals surface area contributed by atoms with E-state index in [0.29, 0.717) is 23.7 Å². The molecule has 4 aliphatic rings. The molecular formula is C27H37N9O2. The van der Waals surface area contributed by atoms with Gasteiger partial charge in [-0.15, -0.1) is 5.10 Å². The number of anilines is 3. The molecular weight excluding hydrogens is 482 g/mol. The molecule has 1 amide bonds. The Labute approximate surface area is 222 Å². The summed E-state index contributed by atoms with van der Waals surface area (Å²) in [4.78, 5) is 23.1. The van der Waals surface area contributed by atoms with Crippen LogP contribution in [0, 0.1) is 0 Å². The Balaban J connectivity index is 1.06. The van der Waals surface area contributed by atoms with Gasteiger partial charge in [0.1, 0.15) is 11.6 Å². The van der Waals surface area contributed by atoms with Crippen molar-refractivity contribution in [1.82, 2.24) is 35.0 Å². The summed E-state index contributed by atoms with van der Waals surface area (Å²) >= 11 is 0. The topological polar surface area (TPSA) is 116 Å². The summed E-state index contributed by atoms with van der Waals surface area (Å²) in [5.74, 6) is 2.71. The van der Waals surface area contributed by atoms with Crippen LogP contribution in [0.1, 0.15) is 63.0 Å². The Kier molecular flexibility index (Phi) is 6.40. The largest absolute Gasteiger partial charge is 0.381 e. The highest BCUT2D eigenvalue weighted by Crippen LogP contribution is 2.39. The lowest BCUT2D eigenvalue weighted by Crippen LogP contribution is -2.55. The Bertz CT molecular complexity index is 1280. The molecule has 0 aromatic carbocycles. The molecule has 3 saturated heterocycles. The molecule has 1 saturated carbocycles. The Morgan fingerprint density at radius 3 is 2.82 bits per heavy atom.